The zero-order valence-corrected chi connectivity index (χ0v) is 45.4. The van der Waals surface area contributed by atoms with Crippen LogP contribution in [0.2, 0.25) is 0 Å². The molecule has 0 radical (unpaired) electrons. The van der Waals surface area contributed by atoms with Crippen molar-refractivity contribution in [2.75, 3.05) is 40.6 Å². The van der Waals surface area contributed by atoms with E-state index >= 15 is 0 Å². The lowest BCUT2D eigenvalue weighted by Gasteiger charge is -2.42. The van der Waals surface area contributed by atoms with Crippen molar-refractivity contribution in [3.05, 3.63) is 47.6 Å². The number of cyclic esters (lactones) is 1. The molecule has 3 heterocycles. The third-order valence-corrected chi connectivity index (χ3v) is 16.3. The molecule has 6 N–H and O–H groups in total. The number of piperidine rings is 1. The Hall–Kier alpha value is -3.98. The Kier molecular flexibility index (Phi) is 24.0. The number of ether oxygens (including phenoxy) is 5. The Labute approximate surface area is 437 Å². The number of ketones is 3. The number of hydrogen-bond acceptors (Lipinski definition) is 17. The molecule has 0 spiro atoms. The van der Waals surface area contributed by atoms with E-state index in [-0.39, 0.29) is 43.1 Å². The molecule has 4 rings (SSSR count). The molecule has 74 heavy (non-hydrogen) atoms. The van der Waals surface area contributed by atoms with Crippen molar-refractivity contribution >= 4 is 35.2 Å². The number of aliphatic hydroxyl groups excluding tert-OH is 5. The summed E-state index contributed by atoms with van der Waals surface area (Å²) >= 11 is 0. The van der Waals surface area contributed by atoms with E-state index in [0.717, 1.165) is 10.5 Å². The smallest absolute Gasteiger partial charge is 0.329 e. The van der Waals surface area contributed by atoms with Crippen molar-refractivity contribution in [1.82, 2.24) is 4.90 Å². The molecule has 0 aromatic heterocycles. The molecule has 2 saturated heterocycles. The molecular weight excluding hydrogens is 959 g/mol. The number of carbonyl (C=O) groups is 6. The molecule has 3 fully saturated rings. The number of amides is 1. The molecule has 1 saturated carbocycles. The van der Waals surface area contributed by atoms with Crippen molar-refractivity contribution in [3.8, 4) is 0 Å². The largest absolute Gasteiger partial charge is 0.460 e. The van der Waals surface area contributed by atoms with Gasteiger partial charge in [0.05, 0.1) is 56.3 Å². The second kappa shape index (κ2) is 28.4. The van der Waals surface area contributed by atoms with Gasteiger partial charge in [0.1, 0.15) is 35.2 Å². The van der Waals surface area contributed by atoms with Crippen molar-refractivity contribution in [3.63, 3.8) is 0 Å². The highest BCUT2D eigenvalue weighted by molar-refractivity contribution is 6.39. The van der Waals surface area contributed by atoms with Gasteiger partial charge in [-0.1, -0.05) is 71.1 Å². The van der Waals surface area contributed by atoms with Gasteiger partial charge in [-0.05, 0) is 102 Å². The molecule has 4 aliphatic rings. The summed E-state index contributed by atoms with van der Waals surface area (Å²) in [4.78, 5) is 85.4. The van der Waals surface area contributed by atoms with Crippen molar-refractivity contribution < 1.29 is 83.1 Å². The number of methoxy groups -OCH3 is 2. The Balaban J connectivity index is 1.71. The minimum atomic E-state index is -2.50. The van der Waals surface area contributed by atoms with Gasteiger partial charge in [-0.3, -0.25) is 24.0 Å². The van der Waals surface area contributed by atoms with Crippen LogP contribution >= 0.6 is 0 Å². The number of fused-ring (bicyclic) bond motifs is 3. The van der Waals surface area contributed by atoms with Gasteiger partial charge in [0.2, 0.25) is 5.79 Å². The third-order valence-electron chi connectivity index (χ3n) is 16.3. The molecule has 3 aliphatic heterocycles. The summed E-state index contributed by atoms with van der Waals surface area (Å²) < 4.78 is 29.8. The lowest BCUT2D eigenvalue weighted by Crippen LogP contribution is -2.61. The number of carbonyl (C=O) groups excluding carboxylic acids is 6. The number of hydrogen-bond donors (Lipinski definition) is 6. The third kappa shape index (κ3) is 15.6. The Morgan fingerprint density at radius 2 is 1.57 bits per heavy atom. The molecule has 18 heteroatoms. The van der Waals surface area contributed by atoms with Crippen LogP contribution in [0.25, 0.3) is 0 Å². The predicted octanol–water partition coefficient (Wildman–Crippen LogP) is 4.29. The van der Waals surface area contributed by atoms with Gasteiger partial charge in [0.25, 0.3) is 11.7 Å². The van der Waals surface area contributed by atoms with Gasteiger partial charge in [-0.15, -0.1) is 0 Å². The van der Waals surface area contributed by atoms with E-state index in [4.69, 9.17) is 23.7 Å². The molecule has 18 nitrogen and oxygen atoms in total. The molecule has 1 aliphatic carbocycles. The zero-order valence-electron chi connectivity index (χ0n) is 45.4. The van der Waals surface area contributed by atoms with E-state index in [2.05, 4.69) is 0 Å². The topological polar surface area (TPSA) is 273 Å². The second-order valence-electron chi connectivity index (χ2n) is 22.0. The maximum Gasteiger partial charge on any atom is 0.329 e. The van der Waals surface area contributed by atoms with E-state index in [0.29, 0.717) is 51.4 Å². The summed E-state index contributed by atoms with van der Waals surface area (Å²) in [6.45, 7) is 11.2. The molecule has 0 aromatic rings. The lowest BCUT2D eigenvalue weighted by atomic mass is 9.78. The number of Topliss-reactive ketones (excluding diaryl/α,β-unsaturated/α-hetero) is 3. The molecular formula is C56H87NO17. The number of nitrogens with zero attached hydrogens (tertiary/aromatic N) is 1. The summed E-state index contributed by atoms with van der Waals surface area (Å²) in [5.74, 6) is -12.3. The predicted molar refractivity (Wildman–Crippen MR) is 272 cm³/mol. The van der Waals surface area contributed by atoms with Gasteiger partial charge >= 0.3 is 11.9 Å². The van der Waals surface area contributed by atoms with Crippen molar-refractivity contribution in [2.24, 2.45) is 46.8 Å². The maximum absolute atomic E-state index is 14.5. The molecule has 16 unspecified atom stereocenters. The van der Waals surface area contributed by atoms with E-state index in [1.165, 1.54) is 41.1 Å². The van der Waals surface area contributed by atoms with Crippen LogP contribution in [0.4, 0.5) is 0 Å². The minimum Gasteiger partial charge on any atom is -0.460 e. The molecule has 1 amide bonds. The molecule has 0 aromatic carbocycles. The molecule has 418 valence electrons. The standard InChI is InChI=1S/C56H87NO17/c1-32-16-12-11-13-17-33(2)48(62)38(7)50(64)41(29-58)49(63)36(5)24-34(3)43(61)28-46(35(4)25-39-20-22-44(47(26-39)71-10)73-54(68)55(8,30-59)31-60)72-53(67)42-18-14-15-23-57(42)52(66)51(65)56(69)37(6)19-21-40(74-56)27-45(32)70-9/h11-13,16-17,24,33-35,37-42,44-49,58-60,62-63,69H,14-15,18-23,25-31H2,1-10H3/b12-11?,17-13+,32-16?,36-24+. The van der Waals surface area contributed by atoms with Crippen LogP contribution in [0.1, 0.15) is 126 Å². The van der Waals surface area contributed by atoms with Crippen LogP contribution in [0, 0.1) is 46.8 Å². The molecule has 2 bridgehead atoms. The fraction of sp³-hybridized carbons (Fsp3) is 0.750. The number of rotatable bonds is 10. The molecule has 16 atom stereocenters. The van der Waals surface area contributed by atoms with Crippen molar-refractivity contribution in [1.29, 1.82) is 0 Å². The number of aliphatic hydroxyl groups is 6. The monoisotopic (exact) mass is 1050 g/mol. The van der Waals surface area contributed by atoms with Gasteiger partial charge in [0.15, 0.2) is 0 Å². The number of allylic oxidation sites excluding steroid dienone is 5. The summed E-state index contributed by atoms with van der Waals surface area (Å²) in [6, 6.07) is -1.23. The Bertz CT molecular complexity index is 2050. The summed E-state index contributed by atoms with van der Waals surface area (Å²) in [5, 5.41) is 64.7. The highest BCUT2D eigenvalue weighted by Crippen LogP contribution is 2.38. The van der Waals surface area contributed by atoms with Crippen LogP contribution in [0.3, 0.4) is 0 Å². The van der Waals surface area contributed by atoms with Gasteiger partial charge < -0.3 is 59.2 Å². The van der Waals surface area contributed by atoms with Crippen LogP contribution in [-0.4, -0.2) is 166 Å². The van der Waals surface area contributed by atoms with Crippen LogP contribution in [0.15, 0.2) is 47.6 Å². The maximum atomic E-state index is 14.5. The van der Waals surface area contributed by atoms with E-state index < -0.39 is 145 Å². The first-order chi connectivity index (χ1) is 34.9. The summed E-state index contributed by atoms with van der Waals surface area (Å²) in [7, 11) is 3.02. The van der Waals surface area contributed by atoms with Crippen LogP contribution < -0.4 is 0 Å². The van der Waals surface area contributed by atoms with Crippen molar-refractivity contribution in [2.45, 2.75) is 181 Å². The van der Waals surface area contributed by atoms with Gasteiger partial charge in [-0.2, -0.15) is 0 Å². The van der Waals surface area contributed by atoms with E-state index in [9.17, 15) is 59.4 Å². The first-order valence-electron chi connectivity index (χ1n) is 26.6. The average molecular weight is 1050 g/mol. The fourth-order valence-electron chi connectivity index (χ4n) is 10.7. The minimum absolute atomic E-state index is 0.0230. The first kappa shape index (κ1) is 62.6. The number of esters is 2. The quantitative estimate of drug-likeness (QED) is 0.101. The second-order valence-corrected chi connectivity index (χ2v) is 22.0. The summed E-state index contributed by atoms with van der Waals surface area (Å²) in [5.41, 5.74) is -0.472. The Morgan fingerprint density at radius 3 is 2.20 bits per heavy atom. The lowest BCUT2D eigenvalue weighted by molar-refractivity contribution is -0.265. The van der Waals surface area contributed by atoms with E-state index in [1.807, 2.05) is 19.9 Å². The average Bonchev–Trinajstić information content (AvgIpc) is 3.39. The summed E-state index contributed by atoms with van der Waals surface area (Å²) in [6.07, 6.45) is 7.85. The van der Waals surface area contributed by atoms with E-state index in [1.54, 1.807) is 45.1 Å². The van der Waals surface area contributed by atoms with Crippen LogP contribution in [0.5, 0.6) is 0 Å². The van der Waals surface area contributed by atoms with Crippen LogP contribution in [-0.2, 0) is 52.5 Å². The SMILES string of the molecule is COC1CC2CCC(C)C(O)(O2)C(=O)C(=O)N2CCCCC2C(=O)OC(C(C)CC2CCC(OC(=O)C(C)(CO)CO)C(OC)C2)CC(=O)C(C)/C=C(\C)C(O)C(CO)C(=O)C(C)C(O)C(C)/C=C/C=CC=C1C. The normalized spacial score (nSPS) is 37.0. The highest BCUT2D eigenvalue weighted by atomic mass is 16.6. The van der Waals surface area contributed by atoms with Gasteiger partial charge in [-0.25, -0.2) is 4.79 Å². The highest BCUT2D eigenvalue weighted by Gasteiger charge is 2.53. The van der Waals surface area contributed by atoms with Gasteiger partial charge in [0, 0.05) is 57.3 Å². The fourth-order valence-corrected chi connectivity index (χ4v) is 10.7. The zero-order chi connectivity index (χ0) is 55.2. The Morgan fingerprint density at radius 1 is 0.878 bits per heavy atom. The first-order valence-corrected chi connectivity index (χ1v) is 26.6.